The van der Waals surface area contributed by atoms with Gasteiger partial charge in [-0.25, -0.2) is 10.2 Å². The van der Waals surface area contributed by atoms with E-state index in [-0.39, 0.29) is 11.4 Å². The number of nitrogens with zero attached hydrogens (tertiary/aromatic N) is 3. The normalized spacial score (nSPS) is 10.3. The Hall–Kier alpha value is -3.81. The van der Waals surface area contributed by atoms with Crippen LogP contribution in [0, 0.1) is 12.5 Å². The highest BCUT2D eigenvalue weighted by Crippen LogP contribution is 2.25. The number of benzene rings is 2. The summed E-state index contributed by atoms with van der Waals surface area (Å²) in [5.41, 5.74) is 14.3. The first-order chi connectivity index (χ1) is 12.5. The number of nitrogens with one attached hydrogen (secondary N) is 2. The van der Waals surface area contributed by atoms with E-state index >= 15 is 0 Å². The molecule has 0 aliphatic rings. The average Bonchev–Trinajstić information content (AvgIpc) is 2.62. The van der Waals surface area contributed by atoms with E-state index in [1.165, 1.54) is 22.9 Å². The number of carbonyl (C=O) groups is 1. The van der Waals surface area contributed by atoms with Crippen molar-refractivity contribution in [1.82, 2.24) is 9.78 Å². The summed E-state index contributed by atoms with van der Waals surface area (Å²) in [6, 6.07) is 15.1. The molecule has 2 aromatic carbocycles. The summed E-state index contributed by atoms with van der Waals surface area (Å²) in [5, 5.41) is 10.1. The number of aryl methyl sites for hydroxylation is 1. The Morgan fingerprint density at radius 1 is 1.19 bits per heavy atom. The van der Waals surface area contributed by atoms with Crippen molar-refractivity contribution in [2.75, 3.05) is 11.1 Å². The van der Waals surface area contributed by atoms with Crippen molar-refractivity contribution in [3.8, 4) is 5.69 Å². The third-order valence-electron chi connectivity index (χ3n) is 3.73. The molecular formula is C18H16N6O2. The lowest BCUT2D eigenvalue weighted by Gasteiger charge is -2.11. The fraction of sp³-hybridized carbons (Fsp3) is 0.0556. The molecule has 1 aromatic heterocycles. The van der Waals surface area contributed by atoms with Gasteiger partial charge in [-0.1, -0.05) is 18.2 Å². The van der Waals surface area contributed by atoms with Crippen LogP contribution in [0.2, 0.25) is 0 Å². The number of nitrogens with two attached hydrogens (primary N) is 1. The van der Waals surface area contributed by atoms with Crippen LogP contribution in [-0.4, -0.2) is 15.7 Å². The maximum atomic E-state index is 12.5. The fourth-order valence-electron chi connectivity index (χ4n) is 2.46. The van der Waals surface area contributed by atoms with Crippen molar-refractivity contribution >= 4 is 23.0 Å². The highest BCUT2D eigenvalue weighted by molar-refractivity contribution is 6.03. The molecule has 0 aliphatic carbocycles. The van der Waals surface area contributed by atoms with E-state index in [1.807, 2.05) is 30.3 Å². The summed E-state index contributed by atoms with van der Waals surface area (Å²) < 4.78 is 1.53. The monoisotopic (exact) mass is 348 g/mol. The molecule has 130 valence electrons. The first-order valence-corrected chi connectivity index (χ1v) is 7.74. The van der Waals surface area contributed by atoms with Crippen LogP contribution in [-0.2, 0) is 0 Å². The van der Waals surface area contributed by atoms with Crippen LogP contribution in [0.5, 0.6) is 0 Å². The first-order valence-electron chi connectivity index (χ1n) is 7.74. The number of hydrogen-bond acceptors (Lipinski definition) is 6. The minimum Gasteiger partial charge on any atom is -0.397 e. The minimum absolute atomic E-state index is 0.229. The van der Waals surface area contributed by atoms with Crippen LogP contribution in [0.15, 0.2) is 64.5 Å². The number of para-hydroxylation sites is 1. The molecule has 1 amide bonds. The Bertz CT molecular complexity index is 1040. The van der Waals surface area contributed by atoms with E-state index < -0.39 is 11.3 Å². The second kappa shape index (κ2) is 6.98. The SMILES string of the molecule is Cc1cc(=O)c(C(=O)Nc2ccc(N=N)c(N)c2)nn1-c1ccccc1. The van der Waals surface area contributed by atoms with Crippen molar-refractivity contribution in [2.24, 2.45) is 5.11 Å². The second-order valence-electron chi connectivity index (χ2n) is 5.59. The Morgan fingerprint density at radius 3 is 2.58 bits per heavy atom. The minimum atomic E-state index is -0.644. The van der Waals surface area contributed by atoms with Crippen LogP contribution in [0.25, 0.3) is 5.69 Å². The van der Waals surface area contributed by atoms with Crippen LogP contribution >= 0.6 is 0 Å². The van der Waals surface area contributed by atoms with Gasteiger partial charge in [0.25, 0.3) is 5.91 Å². The molecule has 0 aliphatic heterocycles. The molecule has 3 aromatic rings. The molecule has 1 heterocycles. The molecule has 8 heteroatoms. The van der Waals surface area contributed by atoms with Crippen molar-refractivity contribution in [3.05, 3.63) is 76.2 Å². The maximum absolute atomic E-state index is 12.5. The van der Waals surface area contributed by atoms with Crippen molar-refractivity contribution < 1.29 is 4.79 Å². The zero-order valence-corrected chi connectivity index (χ0v) is 13.9. The largest absolute Gasteiger partial charge is 0.397 e. The van der Waals surface area contributed by atoms with Crippen molar-refractivity contribution in [2.45, 2.75) is 6.92 Å². The summed E-state index contributed by atoms with van der Waals surface area (Å²) >= 11 is 0. The van der Waals surface area contributed by atoms with Crippen molar-refractivity contribution in [3.63, 3.8) is 0 Å². The van der Waals surface area contributed by atoms with E-state index in [4.69, 9.17) is 11.3 Å². The Kier molecular flexibility index (Phi) is 4.57. The van der Waals surface area contributed by atoms with E-state index in [1.54, 1.807) is 13.0 Å². The standard InChI is InChI=1S/C18H16N6O2/c1-11-9-16(25)17(23-24(11)13-5-3-2-4-6-13)18(26)21-12-7-8-15(22-20)14(19)10-12/h2-10,20H,19H2,1H3,(H,21,26). The predicted octanol–water partition coefficient (Wildman–Crippen LogP) is 3.04. The lowest BCUT2D eigenvalue weighted by atomic mass is 10.2. The van der Waals surface area contributed by atoms with Gasteiger partial charge in [0.2, 0.25) is 5.43 Å². The summed E-state index contributed by atoms with van der Waals surface area (Å²) in [5.74, 6) is -0.644. The molecule has 0 saturated carbocycles. The lowest BCUT2D eigenvalue weighted by molar-refractivity contribution is 0.101. The molecule has 26 heavy (non-hydrogen) atoms. The van der Waals surface area contributed by atoms with Crippen molar-refractivity contribution in [1.29, 1.82) is 5.53 Å². The van der Waals surface area contributed by atoms with E-state index in [2.05, 4.69) is 15.5 Å². The number of amides is 1. The van der Waals surface area contributed by atoms with E-state index in [0.717, 1.165) is 5.69 Å². The summed E-state index contributed by atoms with van der Waals surface area (Å²) in [7, 11) is 0. The van der Waals surface area contributed by atoms with Gasteiger partial charge < -0.3 is 11.1 Å². The molecule has 0 saturated heterocycles. The number of carbonyl (C=O) groups excluding carboxylic acids is 1. The highest BCUT2D eigenvalue weighted by atomic mass is 16.2. The van der Waals surface area contributed by atoms with Gasteiger partial charge >= 0.3 is 0 Å². The van der Waals surface area contributed by atoms with Gasteiger partial charge in [0.1, 0.15) is 5.69 Å². The van der Waals surface area contributed by atoms with Gasteiger partial charge in [-0.3, -0.25) is 9.59 Å². The fourth-order valence-corrected chi connectivity index (χ4v) is 2.46. The Balaban J connectivity index is 1.96. The molecule has 0 spiro atoms. The van der Waals surface area contributed by atoms with Gasteiger partial charge in [-0.2, -0.15) is 10.2 Å². The molecule has 0 fully saturated rings. The molecule has 0 atom stereocenters. The lowest BCUT2D eigenvalue weighted by Crippen LogP contribution is -2.26. The number of rotatable bonds is 4. The molecule has 8 nitrogen and oxygen atoms in total. The van der Waals surface area contributed by atoms with Gasteiger partial charge in [0.15, 0.2) is 5.69 Å². The molecule has 0 bridgehead atoms. The smallest absolute Gasteiger partial charge is 0.280 e. The zero-order chi connectivity index (χ0) is 18.7. The Morgan fingerprint density at radius 2 is 1.92 bits per heavy atom. The molecule has 0 unspecified atom stereocenters. The molecule has 3 rings (SSSR count). The van der Waals surface area contributed by atoms with Gasteiger partial charge in [-0.05, 0) is 37.3 Å². The van der Waals surface area contributed by atoms with Crippen LogP contribution in [0.3, 0.4) is 0 Å². The van der Waals surface area contributed by atoms with E-state index in [0.29, 0.717) is 17.1 Å². The Labute approximate surface area is 148 Å². The summed E-state index contributed by atoms with van der Waals surface area (Å²) in [4.78, 5) is 24.7. The number of hydrogen-bond donors (Lipinski definition) is 3. The summed E-state index contributed by atoms with van der Waals surface area (Å²) in [6.45, 7) is 1.74. The van der Waals surface area contributed by atoms with E-state index in [9.17, 15) is 9.59 Å². The topological polar surface area (TPSA) is 126 Å². The maximum Gasteiger partial charge on any atom is 0.280 e. The summed E-state index contributed by atoms with van der Waals surface area (Å²) in [6.07, 6.45) is 0. The number of anilines is 2. The molecule has 0 radical (unpaired) electrons. The zero-order valence-electron chi connectivity index (χ0n) is 13.9. The van der Waals surface area contributed by atoms with Crippen LogP contribution < -0.4 is 16.5 Å². The second-order valence-corrected chi connectivity index (χ2v) is 5.59. The van der Waals surface area contributed by atoms with Gasteiger partial charge in [0, 0.05) is 17.4 Å². The van der Waals surface area contributed by atoms with Crippen LogP contribution in [0.1, 0.15) is 16.2 Å². The predicted molar refractivity (Wildman–Crippen MR) is 98.2 cm³/mol. The number of aromatic nitrogens is 2. The third kappa shape index (κ3) is 3.34. The van der Waals surface area contributed by atoms with Gasteiger partial charge in [-0.15, -0.1) is 0 Å². The first kappa shape index (κ1) is 17.0. The van der Waals surface area contributed by atoms with Crippen LogP contribution in [0.4, 0.5) is 17.1 Å². The average molecular weight is 348 g/mol. The van der Waals surface area contributed by atoms with Gasteiger partial charge in [0.05, 0.1) is 11.4 Å². The third-order valence-corrected chi connectivity index (χ3v) is 3.73. The number of nitrogen functional groups attached to an aromatic ring is 1. The highest BCUT2D eigenvalue weighted by Gasteiger charge is 2.16. The molecular weight excluding hydrogens is 332 g/mol. The quantitative estimate of drug-likeness (QED) is 0.495. The molecule has 4 N–H and O–H groups in total.